The summed E-state index contributed by atoms with van der Waals surface area (Å²) in [5, 5.41) is 0. The Hall–Kier alpha value is 0.414. The van der Waals surface area contributed by atoms with Gasteiger partial charge in [-0.15, -0.1) is 0 Å². The summed E-state index contributed by atoms with van der Waals surface area (Å²) in [5.74, 6) is 0. The van der Waals surface area contributed by atoms with E-state index < -0.39 is 9.29 Å². The van der Waals surface area contributed by atoms with Crippen molar-refractivity contribution in [2.45, 2.75) is 0 Å². The quantitative estimate of drug-likeness (QED) is 0.276. The maximum absolute atomic E-state index is 8.40. The van der Waals surface area contributed by atoms with E-state index in [1.54, 1.807) is 0 Å². The summed E-state index contributed by atoms with van der Waals surface area (Å²) >= 11 is 0. The Morgan fingerprint density at radius 1 is 1.50 bits per heavy atom. The SMILES string of the molecule is O=[Si]=O.[H-].[Li+]. The molecule has 0 aromatic carbocycles. The maximum Gasteiger partial charge on any atom is 1.00 e. The van der Waals surface area contributed by atoms with Crippen LogP contribution in [0.1, 0.15) is 1.43 Å². The second-order valence-electron chi connectivity index (χ2n) is 0.0833. The molecule has 0 amide bonds. The van der Waals surface area contributed by atoms with Gasteiger partial charge in [0.2, 0.25) is 0 Å². The predicted octanol–water partition coefficient (Wildman–Crippen LogP) is -3.50. The van der Waals surface area contributed by atoms with E-state index in [1.807, 2.05) is 0 Å². The molecule has 0 N–H and O–H groups in total. The van der Waals surface area contributed by atoms with Gasteiger partial charge in [-0.3, -0.25) is 8.92 Å². The third-order valence-corrected chi connectivity index (χ3v) is 0. The van der Waals surface area contributed by atoms with Gasteiger partial charge in [-0.1, -0.05) is 0 Å². The van der Waals surface area contributed by atoms with E-state index in [0.29, 0.717) is 0 Å². The van der Waals surface area contributed by atoms with Crippen molar-refractivity contribution < 1.29 is 29.2 Å². The van der Waals surface area contributed by atoms with Crippen LogP contribution in [0.3, 0.4) is 0 Å². The first-order valence-corrected chi connectivity index (χ1v) is 1.22. The molecule has 4 heavy (non-hydrogen) atoms. The zero-order valence-electron chi connectivity index (χ0n) is 3.32. The third kappa shape index (κ3) is 28.1. The molecule has 0 radical (unpaired) electrons. The molecule has 2 nitrogen and oxygen atoms in total. The first-order chi connectivity index (χ1) is 1.41. The Morgan fingerprint density at radius 2 is 1.50 bits per heavy atom. The van der Waals surface area contributed by atoms with Gasteiger partial charge in [0.25, 0.3) is 0 Å². The van der Waals surface area contributed by atoms with Crippen LogP contribution in [-0.4, -0.2) is 9.29 Å². The van der Waals surface area contributed by atoms with Gasteiger partial charge >= 0.3 is 28.2 Å². The molecule has 0 saturated carbocycles. The fraction of sp³-hybridized carbons (Fsp3) is 0. The molecule has 0 rings (SSSR count). The molecular weight excluding hydrogens is 67.0 g/mol. The minimum absolute atomic E-state index is 0. The molecule has 0 aliphatic carbocycles. The first-order valence-electron chi connectivity index (χ1n) is 0.408. The summed E-state index contributed by atoms with van der Waals surface area (Å²) in [6.07, 6.45) is 0. The Labute approximate surface area is 39.2 Å². The zero-order chi connectivity index (χ0) is 2.71. The fourth-order valence-electron chi connectivity index (χ4n) is 0. The van der Waals surface area contributed by atoms with Crippen molar-refractivity contribution in [2.75, 3.05) is 0 Å². The monoisotopic (exact) mass is 68.0 g/mol. The average molecular weight is 68.0 g/mol. The molecule has 0 aliphatic heterocycles. The van der Waals surface area contributed by atoms with Gasteiger partial charge in [0, 0.05) is 0 Å². The maximum atomic E-state index is 8.40. The van der Waals surface area contributed by atoms with Gasteiger partial charge in [0.15, 0.2) is 0 Å². The van der Waals surface area contributed by atoms with Crippen molar-refractivity contribution in [3.8, 4) is 0 Å². The van der Waals surface area contributed by atoms with Crippen LogP contribution in [0.15, 0.2) is 0 Å². The van der Waals surface area contributed by atoms with Crippen molar-refractivity contribution in [3.05, 3.63) is 0 Å². The normalized spacial score (nSPS) is 2.00. The molecule has 0 aromatic heterocycles. The summed E-state index contributed by atoms with van der Waals surface area (Å²) in [4.78, 5) is 0. The van der Waals surface area contributed by atoms with Crippen molar-refractivity contribution in [2.24, 2.45) is 0 Å². The summed E-state index contributed by atoms with van der Waals surface area (Å²) in [5.41, 5.74) is 0. The van der Waals surface area contributed by atoms with E-state index in [-0.39, 0.29) is 20.3 Å². The molecule has 4 heteroatoms. The average Bonchev–Trinajstić information content (AvgIpc) is 0.918. The summed E-state index contributed by atoms with van der Waals surface area (Å²) < 4.78 is 16.8. The Bertz CT molecular complexity index is 30.6. The second kappa shape index (κ2) is 9.95. The molecular formula is HLiO2Si. The van der Waals surface area contributed by atoms with Crippen molar-refractivity contribution in [3.63, 3.8) is 0 Å². The van der Waals surface area contributed by atoms with E-state index in [9.17, 15) is 0 Å². The van der Waals surface area contributed by atoms with Crippen LogP contribution in [0.4, 0.5) is 0 Å². The van der Waals surface area contributed by atoms with Gasteiger partial charge in [-0.25, -0.2) is 0 Å². The molecule has 0 fully saturated rings. The van der Waals surface area contributed by atoms with Gasteiger partial charge in [0.1, 0.15) is 0 Å². The summed E-state index contributed by atoms with van der Waals surface area (Å²) in [6.45, 7) is 0. The van der Waals surface area contributed by atoms with Crippen LogP contribution < -0.4 is 18.9 Å². The molecule has 0 bridgehead atoms. The van der Waals surface area contributed by atoms with E-state index in [0.717, 1.165) is 0 Å². The van der Waals surface area contributed by atoms with Crippen LogP contribution in [0.5, 0.6) is 0 Å². The number of rotatable bonds is 0. The van der Waals surface area contributed by atoms with Crippen molar-refractivity contribution in [1.29, 1.82) is 0 Å². The summed E-state index contributed by atoms with van der Waals surface area (Å²) in [6, 6.07) is 0. The molecule has 0 heterocycles. The van der Waals surface area contributed by atoms with E-state index in [1.165, 1.54) is 0 Å². The van der Waals surface area contributed by atoms with E-state index >= 15 is 0 Å². The molecule has 0 spiro atoms. The topological polar surface area (TPSA) is 34.1 Å². The van der Waals surface area contributed by atoms with Gasteiger partial charge < -0.3 is 1.43 Å². The largest absolute Gasteiger partial charge is 1.00 e. The Kier molecular flexibility index (Phi) is 22.0. The van der Waals surface area contributed by atoms with Crippen LogP contribution in [0, 0.1) is 0 Å². The molecule has 0 aromatic rings. The fourth-order valence-corrected chi connectivity index (χ4v) is 0. The van der Waals surface area contributed by atoms with Crippen LogP contribution >= 0.6 is 0 Å². The predicted molar refractivity (Wildman–Crippen MR) is 8.24 cm³/mol. The minimum Gasteiger partial charge on any atom is -1.00 e. The van der Waals surface area contributed by atoms with Gasteiger partial charge in [0.05, 0.1) is 0 Å². The Morgan fingerprint density at radius 3 is 1.50 bits per heavy atom. The number of hydrogen-bond acceptors (Lipinski definition) is 2. The Balaban J connectivity index is -0.0000000200. The molecule has 18 valence electrons. The zero-order valence-corrected chi connectivity index (χ0v) is 3.32. The first kappa shape index (κ1) is 8.83. The van der Waals surface area contributed by atoms with E-state index in [2.05, 4.69) is 0 Å². The third-order valence-electron chi connectivity index (χ3n) is 0. The molecule has 0 unspecified atom stereocenters. The van der Waals surface area contributed by atoms with Gasteiger partial charge in [-0.05, 0) is 0 Å². The molecule has 0 saturated heterocycles. The summed E-state index contributed by atoms with van der Waals surface area (Å²) in [7, 11) is -1.42. The smallest absolute Gasteiger partial charge is 1.00 e. The van der Waals surface area contributed by atoms with Crippen molar-refractivity contribution >= 4 is 9.29 Å². The van der Waals surface area contributed by atoms with Crippen LogP contribution in [0.25, 0.3) is 0 Å². The van der Waals surface area contributed by atoms with Crippen molar-refractivity contribution in [1.82, 2.24) is 0 Å². The van der Waals surface area contributed by atoms with E-state index in [4.69, 9.17) is 8.92 Å². The number of hydrogen-bond donors (Lipinski definition) is 0. The minimum atomic E-state index is -1.42. The standard InChI is InChI=1S/Li.O2Si.H/c;1-3-2;/q+1;;-1. The molecule has 0 aliphatic rings. The second-order valence-corrected chi connectivity index (χ2v) is 0.250. The molecule has 0 atom stereocenters. The van der Waals surface area contributed by atoms with Crippen LogP contribution in [-0.2, 0) is 8.92 Å². The van der Waals surface area contributed by atoms with Gasteiger partial charge in [-0.2, -0.15) is 0 Å². The van der Waals surface area contributed by atoms with Crippen LogP contribution in [0.2, 0.25) is 0 Å².